The Morgan fingerprint density at radius 3 is 2.76 bits per heavy atom. The van der Waals surface area contributed by atoms with Gasteiger partial charge in [-0.15, -0.1) is 0 Å². The second-order valence-corrected chi connectivity index (χ2v) is 12.7. The Bertz CT molecular complexity index is 610. The second kappa shape index (κ2) is 6.85. The number of aromatic nitrogens is 2. The fourth-order valence-corrected chi connectivity index (χ4v) is 2.85. The number of nitrogens with zero attached hydrogens (tertiary/aromatic N) is 2. The maximum Gasteiger partial charge on any atom is 0.141 e. The number of benzene rings is 1. The molecule has 2 aromatic rings. The Labute approximate surface area is 134 Å². The summed E-state index contributed by atoms with van der Waals surface area (Å²) in [6.07, 6.45) is 3.56. The highest BCUT2D eigenvalue weighted by atomic mass is 79.9. The first-order valence-corrected chi connectivity index (χ1v) is 11.4. The smallest absolute Gasteiger partial charge is 0.141 e. The zero-order valence-corrected chi connectivity index (χ0v) is 15.2. The van der Waals surface area contributed by atoms with Crippen molar-refractivity contribution in [2.75, 3.05) is 6.61 Å². The Balaban J connectivity index is 2.03. The van der Waals surface area contributed by atoms with Crippen molar-refractivity contribution in [2.45, 2.75) is 32.4 Å². The van der Waals surface area contributed by atoms with Gasteiger partial charge in [0.15, 0.2) is 0 Å². The molecule has 0 N–H and O–H groups in total. The number of halogens is 2. The van der Waals surface area contributed by atoms with Crippen LogP contribution in [-0.2, 0) is 11.5 Å². The fraction of sp³-hybridized carbons (Fsp3) is 0.400. The highest BCUT2D eigenvalue weighted by Crippen LogP contribution is 2.23. The van der Waals surface area contributed by atoms with Crippen LogP contribution in [0.5, 0.6) is 0 Å². The average Bonchev–Trinajstić information content (AvgIpc) is 2.85. The summed E-state index contributed by atoms with van der Waals surface area (Å²) >= 11 is 3.16. The molecule has 1 heterocycles. The fourth-order valence-electron chi connectivity index (χ4n) is 1.85. The van der Waals surface area contributed by atoms with Gasteiger partial charge in [-0.05, 0) is 40.2 Å². The summed E-state index contributed by atoms with van der Waals surface area (Å²) in [5.41, 5.74) is 0.745. The van der Waals surface area contributed by atoms with Gasteiger partial charge < -0.3 is 9.30 Å². The predicted octanol–water partition coefficient (Wildman–Crippen LogP) is 4.76. The SMILES string of the molecule is C[Si](C)(C)CCOCn1ccnc1-c1ccc(Br)c(F)c1. The molecule has 1 aromatic carbocycles. The summed E-state index contributed by atoms with van der Waals surface area (Å²) in [7, 11) is -1.08. The summed E-state index contributed by atoms with van der Waals surface area (Å²) in [6, 6.07) is 6.14. The zero-order chi connectivity index (χ0) is 15.5. The number of hydrogen-bond donors (Lipinski definition) is 0. The Kier molecular flexibility index (Phi) is 5.35. The van der Waals surface area contributed by atoms with Crippen molar-refractivity contribution >= 4 is 24.0 Å². The molecule has 0 unspecified atom stereocenters. The molecule has 0 atom stereocenters. The minimum Gasteiger partial charge on any atom is -0.361 e. The summed E-state index contributed by atoms with van der Waals surface area (Å²) in [6.45, 7) is 8.16. The van der Waals surface area contributed by atoms with Crippen molar-refractivity contribution in [3.63, 3.8) is 0 Å². The van der Waals surface area contributed by atoms with Crippen LogP contribution >= 0.6 is 15.9 Å². The van der Waals surface area contributed by atoms with Gasteiger partial charge in [0.25, 0.3) is 0 Å². The first-order valence-electron chi connectivity index (χ1n) is 6.91. The number of rotatable bonds is 6. The van der Waals surface area contributed by atoms with Crippen molar-refractivity contribution < 1.29 is 9.13 Å². The minimum atomic E-state index is -1.08. The van der Waals surface area contributed by atoms with Gasteiger partial charge in [0.1, 0.15) is 18.4 Å². The van der Waals surface area contributed by atoms with Crippen molar-refractivity contribution in [3.05, 3.63) is 40.9 Å². The van der Waals surface area contributed by atoms with E-state index in [2.05, 4.69) is 40.6 Å². The van der Waals surface area contributed by atoms with Crippen LogP contribution in [0.2, 0.25) is 25.7 Å². The van der Waals surface area contributed by atoms with Gasteiger partial charge in [-0.1, -0.05) is 19.6 Å². The van der Waals surface area contributed by atoms with Crippen molar-refractivity contribution in [1.29, 1.82) is 0 Å². The number of hydrogen-bond acceptors (Lipinski definition) is 2. The summed E-state index contributed by atoms with van der Waals surface area (Å²) < 4.78 is 21.7. The summed E-state index contributed by atoms with van der Waals surface area (Å²) in [4.78, 5) is 4.29. The van der Waals surface area contributed by atoms with E-state index in [0.717, 1.165) is 24.0 Å². The molecule has 0 aliphatic heterocycles. The van der Waals surface area contributed by atoms with Gasteiger partial charge in [-0.3, -0.25) is 0 Å². The van der Waals surface area contributed by atoms with Crippen LogP contribution < -0.4 is 0 Å². The lowest BCUT2D eigenvalue weighted by molar-refractivity contribution is 0.0883. The molecule has 0 spiro atoms. The normalized spacial score (nSPS) is 11.9. The highest BCUT2D eigenvalue weighted by molar-refractivity contribution is 9.10. The third-order valence-corrected chi connectivity index (χ3v) is 5.47. The van der Waals surface area contributed by atoms with Gasteiger partial charge >= 0.3 is 0 Å². The van der Waals surface area contributed by atoms with Gasteiger partial charge in [0.05, 0.1) is 4.47 Å². The van der Waals surface area contributed by atoms with Crippen molar-refractivity contribution in [3.8, 4) is 11.4 Å². The molecule has 114 valence electrons. The Hall–Kier alpha value is -0.983. The van der Waals surface area contributed by atoms with Gasteiger partial charge in [-0.25, -0.2) is 9.37 Å². The molecule has 6 heteroatoms. The summed E-state index contributed by atoms with van der Waals surface area (Å²) in [5, 5.41) is 0. The van der Waals surface area contributed by atoms with Crippen LogP contribution in [0.4, 0.5) is 4.39 Å². The van der Waals surface area contributed by atoms with Crippen LogP contribution in [0.1, 0.15) is 0 Å². The van der Waals surface area contributed by atoms with E-state index >= 15 is 0 Å². The van der Waals surface area contributed by atoms with E-state index in [1.54, 1.807) is 12.3 Å². The van der Waals surface area contributed by atoms with E-state index in [1.165, 1.54) is 6.07 Å². The van der Waals surface area contributed by atoms with E-state index in [1.807, 2.05) is 16.8 Å². The van der Waals surface area contributed by atoms with Crippen LogP contribution in [0.25, 0.3) is 11.4 Å². The maximum atomic E-state index is 13.6. The molecule has 0 aliphatic rings. The van der Waals surface area contributed by atoms with Crippen molar-refractivity contribution in [2.24, 2.45) is 0 Å². The van der Waals surface area contributed by atoms with Gasteiger partial charge in [0.2, 0.25) is 0 Å². The molecule has 0 amide bonds. The van der Waals surface area contributed by atoms with Crippen LogP contribution in [-0.4, -0.2) is 24.2 Å². The van der Waals surface area contributed by atoms with Crippen LogP contribution in [0.15, 0.2) is 35.1 Å². The molecule has 0 bridgehead atoms. The highest BCUT2D eigenvalue weighted by Gasteiger charge is 2.13. The molecule has 3 nitrogen and oxygen atoms in total. The standard InChI is InChI=1S/C15H20BrFN2OSi/c1-21(2,3)9-8-20-11-19-7-6-18-15(19)12-4-5-13(16)14(17)10-12/h4-7,10H,8-9,11H2,1-3H3. The third kappa shape index (κ3) is 4.76. The van der Waals surface area contributed by atoms with Crippen molar-refractivity contribution in [1.82, 2.24) is 9.55 Å². The molecule has 0 saturated carbocycles. The van der Waals surface area contributed by atoms with Crippen LogP contribution in [0, 0.1) is 5.82 Å². The molecular weight excluding hydrogens is 351 g/mol. The quantitative estimate of drug-likeness (QED) is 0.541. The molecular formula is C15H20BrFN2OSi. The Morgan fingerprint density at radius 1 is 1.33 bits per heavy atom. The molecule has 0 saturated heterocycles. The zero-order valence-electron chi connectivity index (χ0n) is 12.6. The third-order valence-electron chi connectivity index (χ3n) is 3.12. The van der Waals surface area contributed by atoms with Gasteiger partial charge in [0, 0.05) is 32.6 Å². The maximum absolute atomic E-state index is 13.6. The van der Waals surface area contributed by atoms with E-state index in [9.17, 15) is 4.39 Å². The monoisotopic (exact) mass is 370 g/mol. The molecule has 1 aromatic heterocycles. The van der Waals surface area contributed by atoms with Crippen LogP contribution in [0.3, 0.4) is 0 Å². The average molecular weight is 371 g/mol. The summed E-state index contributed by atoms with van der Waals surface area (Å²) in [5.74, 6) is 0.427. The second-order valence-electron chi connectivity index (χ2n) is 6.20. The predicted molar refractivity (Wildman–Crippen MR) is 89.4 cm³/mol. The van der Waals surface area contributed by atoms with E-state index < -0.39 is 8.07 Å². The number of imidazole rings is 1. The molecule has 21 heavy (non-hydrogen) atoms. The van der Waals surface area contributed by atoms with E-state index in [0.29, 0.717) is 11.2 Å². The van der Waals surface area contributed by atoms with E-state index in [4.69, 9.17) is 4.74 Å². The first-order chi connectivity index (χ1) is 9.87. The largest absolute Gasteiger partial charge is 0.361 e. The topological polar surface area (TPSA) is 27.1 Å². The first kappa shape index (κ1) is 16.4. The number of ether oxygens (including phenoxy) is 1. The van der Waals surface area contributed by atoms with E-state index in [-0.39, 0.29) is 5.82 Å². The lowest BCUT2D eigenvalue weighted by Gasteiger charge is -2.16. The molecule has 0 aliphatic carbocycles. The molecule has 0 fully saturated rings. The Morgan fingerprint density at radius 2 is 2.10 bits per heavy atom. The lowest BCUT2D eigenvalue weighted by Crippen LogP contribution is -2.22. The lowest BCUT2D eigenvalue weighted by atomic mass is 10.2. The molecule has 0 radical (unpaired) electrons. The minimum absolute atomic E-state index is 0.290. The molecule has 2 rings (SSSR count). The van der Waals surface area contributed by atoms with Gasteiger partial charge in [-0.2, -0.15) is 0 Å².